The van der Waals surface area contributed by atoms with Crippen molar-refractivity contribution in [1.29, 1.82) is 0 Å². The monoisotopic (exact) mass is 415 g/mol. The number of rotatable bonds is 2. The number of hydrogen-bond acceptors (Lipinski definition) is 6. The molecule has 0 aliphatic carbocycles. The fourth-order valence-electron chi connectivity index (χ4n) is 2.96. The average Bonchev–Trinajstić information content (AvgIpc) is 2.66. The van der Waals surface area contributed by atoms with Gasteiger partial charge in [-0.05, 0) is 63.1 Å². The zero-order valence-electron chi connectivity index (χ0n) is 16.7. The third kappa shape index (κ3) is 3.83. The highest BCUT2D eigenvalue weighted by atomic mass is 32.2. The Kier molecular flexibility index (Phi) is 5.13. The smallest absolute Gasteiger partial charge is 0.165 e. The molecule has 0 fully saturated rings. The number of aromatic nitrogens is 1. The van der Waals surface area contributed by atoms with Gasteiger partial charge >= 0.3 is 0 Å². The number of nitrogens with two attached hydrogens (primary N) is 1. The third-order valence-corrected chi connectivity index (χ3v) is 7.72. The zero-order chi connectivity index (χ0) is 21.4. The maximum atomic E-state index is 14.6. The van der Waals surface area contributed by atoms with Crippen molar-refractivity contribution in [2.45, 2.75) is 31.1 Å². The molecule has 0 saturated carbocycles. The minimum atomic E-state index is -3.67. The van der Waals surface area contributed by atoms with E-state index in [2.05, 4.69) is 21.8 Å². The molecule has 8 heteroatoms. The van der Waals surface area contributed by atoms with Crippen molar-refractivity contribution >= 4 is 15.7 Å². The van der Waals surface area contributed by atoms with E-state index in [0.717, 1.165) is 5.56 Å². The van der Waals surface area contributed by atoms with Crippen molar-refractivity contribution in [1.82, 2.24) is 4.98 Å². The summed E-state index contributed by atoms with van der Waals surface area (Å²) in [5.74, 6) is 5.41. The summed E-state index contributed by atoms with van der Waals surface area (Å²) in [7, 11) is -2.09. The molecular formula is C21H22FN3O3S. The topological polar surface area (TPSA) is 94.6 Å². The molecule has 0 amide bonds. The summed E-state index contributed by atoms with van der Waals surface area (Å²) >= 11 is 0. The Hall–Kier alpha value is -2.92. The van der Waals surface area contributed by atoms with Crippen molar-refractivity contribution < 1.29 is 17.5 Å². The molecule has 6 nitrogen and oxygen atoms in total. The number of sulfone groups is 1. The third-order valence-electron chi connectivity index (χ3n) is 5.01. The normalized spacial score (nSPS) is 22.2. The second kappa shape index (κ2) is 7.16. The van der Waals surface area contributed by atoms with Gasteiger partial charge in [-0.15, -0.1) is 0 Å². The number of pyridine rings is 1. The Balaban J connectivity index is 2.02. The number of nitrogens with zero attached hydrogens (tertiary/aromatic N) is 2. The number of benzene rings is 1. The average molecular weight is 415 g/mol. The van der Waals surface area contributed by atoms with Crippen LogP contribution >= 0.6 is 0 Å². The van der Waals surface area contributed by atoms with Gasteiger partial charge in [0.2, 0.25) is 0 Å². The van der Waals surface area contributed by atoms with E-state index in [9.17, 15) is 12.8 Å². The van der Waals surface area contributed by atoms with E-state index in [-0.39, 0.29) is 11.5 Å². The first kappa shape index (κ1) is 20.8. The van der Waals surface area contributed by atoms with Crippen LogP contribution in [-0.4, -0.2) is 36.8 Å². The van der Waals surface area contributed by atoms with E-state index < -0.39 is 31.7 Å². The fourth-order valence-corrected chi connectivity index (χ4v) is 4.63. The van der Waals surface area contributed by atoms with Crippen LogP contribution in [-0.2, 0) is 15.4 Å². The molecular weight excluding hydrogens is 393 g/mol. The Labute approximate surface area is 169 Å². The van der Waals surface area contributed by atoms with E-state index in [0.29, 0.717) is 11.4 Å². The number of hydrogen-bond donors (Lipinski definition) is 1. The Morgan fingerprint density at radius 2 is 1.76 bits per heavy atom. The second-order valence-electron chi connectivity index (χ2n) is 7.55. The van der Waals surface area contributed by atoms with E-state index in [1.54, 1.807) is 31.4 Å². The highest BCUT2D eigenvalue weighted by Gasteiger charge is 2.50. The van der Waals surface area contributed by atoms with E-state index in [1.165, 1.54) is 32.9 Å². The molecule has 1 aliphatic heterocycles. The lowest BCUT2D eigenvalue weighted by Crippen LogP contribution is -2.55. The highest BCUT2D eigenvalue weighted by Crippen LogP contribution is 2.36. The van der Waals surface area contributed by atoms with Crippen LogP contribution in [0.15, 0.2) is 41.4 Å². The molecule has 3 rings (SSSR count). The van der Waals surface area contributed by atoms with Crippen LogP contribution in [0.3, 0.4) is 0 Å². The lowest BCUT2D eigenvalue weighted by Gasteiger charge is -2.37. The number of halogens is 1. The number of amidine groups is 1. The maximum absolute atomic E-state index is 14.6. The lowest BCUT2D eigenvalue weighted by atomic mass is 9.98. The summed E-state index contributed by atoms with van der Waals surface area (Å²) in [6, 6.07) is 9.79. The molecule has 2 aromatic rings. The first-order valence-corrected chi connectivity index (χ1v) is 10.5. The van der Waals surface area contributed by atoms with Gasteiger partial charge in [0.15, 0.2) is 9.84 Å². The molecule has 1 atom stereocenters. The molecule has 1 unspecified atom stereocenters. The van der Waals surface area contributed by atoms with Gasteiger partial charge in [0.1, 0.15) is 39.1 Å². The maximum Gasteiger partial charge on any atom is 0.165 e. The molecule has 152 valence electrons. The van der Waals surface area contributed by atoms with Crippen LogP contribution in [0.5, 0.6) is 5.75 Å². The Bertz CT molecular complexity index is 1150. The van der Waals surface area contributed by atoms with Crippen LogP contribution in [0.25, 0.3) is 0 Å². The van der Waals surface area contributed by atoms with Crippen molar-refractivity contribution in [3.63, 3.8) is 0 Å². The van der Waals surface area contributed by atoms with Crippen molar-refractivity contribution in [3.05, 3.63) is 59.2 Å². The van der Waals surface area contributed by atoms with Gasteiger partial charge in [0.05, 0.1) is 12.9 Å². The van der Waals surface area contributed by atoms with Crippen LogP contribution < -0.4 is 10.5 Å². The van der Waals surface area contributed by atoms with E-state index >= 15 is 0 Å². The molecule has 0 radical (unpaired) electrons. The number of aliphatic imine (C=N–C) groups is 1. The first-order chi connectivity index (χ1) is 13.5. The van der Waals surface area contributed by atoms with Gasteiger partial charge in [-0.3, -0.25) is 4.99 Å². The number of ether oxygens (including phenoxy) is 1. The molecule has 2 N–H and O–H groups in total. The summed E-state index contributed by atoms with van der Waals surface area (Å²) in [4.78, 5) is 8.59. The quantitative estimate of drug-likeness (QED) is 0.760. The van der Waals surface area contributed by atoms with Crippen LogP contribution in [0.4, 0.5) is 4.39 Å². The number of methoxy groups -OCH3 is 1. The van der Waals surface area contributed by atoms with Crippen LogP contribution in [0.1, 0.15) is 37.7 Å². The van der Waals surface area contributed by atoms with Crippen LogP contribution in [0.2, 0.25) is 0 Å². The SMILES string of the molecule is COc1ccc(C#Cc2ccc(F)c(C3(C)CS(=O)(=O)C(C)(C)C(N)=N3)n2)cc1. The molecule has 0 saturated heterocycles. The Morgan fingerprint density at radius 1 is 1.10 bits per heavy atom. The summed E-state index contributed by atoms with van der Waals surface area (Å²) in [6.07, 6.45) is 0. The predicted octanol–water partition coefficient (Wildman–Crippen LogP) is 2.41. The standard InChI is InChI=1S/C21H22FN3O3S/c1-20(2)19(23)25-21(3,13-29(20,26)27)18-17(22)12-9-15(24-18)8-5-14-6-10-16(28-4)11-7-14/h6-7,9-12H,13H2,1-4H3,(H2,23,25). The van der Waals surface area contributed by atoms with Gasteiger partial charge in [0, 0.05) is 5.56 Å². The molecule has 0 spiro atoms. The summed E-state index contributed by atoms with van der Waals surface area (Å²) in [5.41, 5.74) is 5.43. The molecule has 2 heterocycles. The Morgan fingerprint density at radius 3 is 2.34 bits per heavy atom. The van der Waals surface area contributed by atoms with Gasteiger partial charge in [-0.2, -0.15) is 0 Å². The fraction of sp³-hybridized carbons (Fsp3) is 0.333. The molecule has 1 aliphatic rings. The molecule has 1 aromatic carbocycles. The highest BCUT2D eigenvalue weighted by molar-refractivity contribution is 7.93. The van der Waals surface area contributed by atoms with Crippen molar-refractivity contribution in [2.75, 3.05) is 12.9 Å². The summed E-state index contributed by atoms with van der Waals surface area (Å²) in [5, 5.41) is 0. The van der Waals surface area contributed by atoms with Gasteiger partial charge in [0.25, 0.3) is 0 Å². The van der Waals surface area contributed by atoms with E-state index in [4.69, 9.17) is 10.5 Å². The minimum Gasteiger partial charge on any atom is -0.497 e. The van der Waals surface area contributed by atoms with Crippen LogP contribution in [0, 0.1) is 17.7 Å². The molecule has 0 bridgehead atoms. The summed E-state index contributed by atoms with van der Waals surface area (Å²) in [6.45, 7) is 4.49. The molecule has 1 aromatic heterocycles. The lowest BCUT2D eigenvalue weighted by molar-refractivity contribution is 0.415. The molecule has 29 heavy (non-hydrogen) atoms. The van der Waals surface area contributed by atoms with Gasteiger partial charge in [-0.25, -0.2) is 17.8 Å². The second-order valence-corrected chi connectivity index (χ2v) is 10.1. The van der Waals surface area contributed by atoms with E-state index in [1.807, 2.05) is 0 Å². The van der Waals surface area contributed by atoms with Crippen molar-refractivity contribution in [2.24, 2.45) is 10.7 Å². The predicted molar refractivity (Wildman–Crippen MR) is 110 cm³/mol. The minimum absolute atomic E-state index is 0.0674. The van der Waals surface area contributed by atoms with Crippen molar-refractivity contribution in [3.8, 4) is 17.6 Å². The van der Waals surface area contributed by atoms with Gasteiger partial charge < -0.3 is 10.5 Å². The van der Waals surface area contributed by atoms with Gasteiger partial charge in [-0.1, -0.05) is 5.92 Å². The zero-order valence-corrected chi connectivity index (χ0v) is 17.5. The largest absolute Gasteiger partial charge is 0.497 e. The first-order valence-electron chi connectivity index (χ1n) is 8.90. The summed E-state index contributed by atoms with van der Waals surface area (Å²) < 4.78 is 43.8.